The fourth-order valence-electron chi connectivity index (χ4n) is 5.12. The number of hydrogen-bond acceptors (Lipinski definition) is 5. The molecule has 10 nitrogen and oxygen atoms in total. The van der Waals surface area contributed by atoms with Gasteiger partial charge in [0.25, 0.3) is 21.5 Å². The Kier molecular flexibility index (Phi) is 8.61. The third-order valence-corrected chi connectivity index (χ3v) is 9.32. The molecule has 0 fully saturated rings. The molecule has 44 heavy (non-hydrogen) atoms. The van der Waals surface area contributed by atoms with Crippen molar-refractivity contribution in [1.82, 2.24) is 19.4 Å². The molecule has 0 aliphatic rings. The van der Waals surface area contributed by atoms with Gasteiger partial charge in [-0.3, -0.25) is 14.3 Å². The van der Waals surface area contributed by atoms with E-state index < -0.39 is 28.0 Å². The number of amides is 1. The Labute approximate surface area is 260 Å². The topological polar surface area (TPSA) is 111 Å². The molecule has 12 heteroatoms. The molecule has 0 saturated heterocycles. The van der Waals surface area contributed by atoms with Crippen LogP contribution < -0.4 is 15.3 Å². The van der Waals surface area contributed by atoms with Crippen LogP contribution >= 0.6 is 11.6 Å². The van der Waals surface area contributed by atoms with E-state index in [1.807, 2.05) is 48.7 Å². The Hall–Kier alpha value is -4.87. The number of aromatic nitrogens is 3. The molecule has 0 radical (unpaired) electrons. The van der Waals surface area contributed by atoms with Crippen molar-refractivity contribution in [3.8, 4) is 11.4 Å². The highest BCUT2D eigenvalue weighted by molar-refractivity contribution is 7.92. The molecule has 0 unspecified atom stereocenters. The number of benzene rings is 3. The summed E-state index contributed by atoms with van der Waals surface area (Å²) in [5.41, 5.74) is 6.08. The number of sulfonamides is 1. The molecule has 0 atom stereocenters. The van der Waals surface area contributed by atoms with Gasteiger partial charge in [-0.1, -0.05) is 54.1 Å². The molecular formula is C32H31ClN6O4S. The Morgan fingerprint density at radius 1 is 0.909 bits per heavy atom. The number of para-hydroxylation sites is 1. The van der Waals surface area contributed by atoms with Gasteiger partial charge in [-0.2, -0.15) is 5.10 Å². The predicted molar refractivity (Wildman–Crippen MR) is 173 cm³/mol. The van der Waals surface area contributed by atoms with Crippen molar-refractivity contribution in [3.63, 3.8) is 0 Å². The van der Waals surface area contributed by atoms with Gasteiger partial charge in [0.05, 0.1) is 22.5 Å². The molecule has 0 spiro atoms. The van der Waals surface area contributed by atoms with Crippen molar-refractivity contribution >= 4 is 39.4 Å². The Balaban J connectivity index is 1.47. The van der Waals surface area contributed by atoms with Gasteiger partial charge in [-0.05, 0) is 69.3 Å². The smallest absolute Gasteiger partial charge is 0.296 e. The minimum absolute atomic E-state index is 0.0568. The van der Waals surface area contributed by atoms with E-state index in [0.717, 1.165) is 26.9 Å². The number of hydrazone groups is 1. The summed E-state index contributed by atoms with van der Waals surface area (Å²) in [7, 11) is -2.66. The van der Waals surface area contributed by atoms with E-state index in [1.165, 1.54) is 23.0 Å². The van der Waals surface area contributed by atoms with Gasteiger partial charge in [-0.25, -0.2) is 22.8 Å². The van der Waals surface area contributed by atoms with Crippen molar-refractivity contribution in [2.75, 3.05) is 10.8 Å². The van der Waals surface area contributed by atoms with Crippen LogP contribution in [0.25, 0.3) is 11.4 Å². The van der Waals surface area contributed by atoms with Crippen molar-refractivity contribution < 1.29 is 13.2 Å². The summed E-state index contributed by atoms with van der Waals surface area (Å²) in [4.78, 5) is 27.0. The van der Waals surface area contributed by atoms with Gasteiger partial charge in [0, 0.05) is 34.7 Å². The highest BCUT2D eigenvalue weighted by Crippen LogP contribution is 2.26. The minimum Gasteiger partial charge on any atom is -0.318 e. The van der Waals surface area contributed by atoms with Gasteiger partial charge >= 0.3 is 0 Å². The SMILES string of the molecule is Cc1cc(/C=N\NC(=O)CN(c2c(C)n(C)n(-c3ccccc3)c2=O)S(=O)(=O)c2ccccc2)c(C)n1-c1cccc(Cl)c1. The van der Waals surface area contributed by atoms with Gasteiger partial charge < -0.3 is 4.57 Å². The number of hydrogen-bond donors (Lipinski definition) is 1. The van der Waals surface area contributed by atoms with Crippen LogP contribution in [0.1, 0.15) is 22.6 Å². The first-order valence-corrected chi connectivity index (χ1v) is 15.5. The number of halogens is 1. The van der Waals surface area contributed by atoms with E-state index in [0.29, 0.717) is 16.4 Å². The van der Waals surface area contributed by atoms with Crippen LogP contribution in [0.2, 0.25) is 5.02 Å². The van der Waals surface area contributed by atoms with Crippen LogP contribution in [0.4, 0.5) is 5.69 Å². The van der Waals surface area contributed by atoms with Crippen molar-refractivity contribution in [2.24, 2.45) is 12.1 Å². The molecular weight excluding hydrogens is 600 g/mol. The molecule has 226 valence electrons. The summed E-state index contributed by atoms with van der Waals surface area (Å²) >= 11 is 6.19. The van der Waals surface area contributed by atoms with Crippen LogP contribution in [0, 0.1) is 20.8 Å². The van der Waals surface area contributed by atoms with Crippen LogP contribution in [0.15, 0.2) is 106 Å². The molecule has 0 saturated carbocycles. The number of nitrogens with zero attached hydrogens (tertiary/aromatic N) is 5. The van der Waals surface area contributed by atoms with Crippen molar-refractivity contribution in [2.45, 2.75) is 25.7 Å². The lowest BCUT2D eigenvalue weighted by molar-refractivity contribution is -0.119. The van der Waals surface area contributed by atoms with E-state index in [2.05, 4.69) is 10.5 Å². The van der Waals surface area contributed by atoms with Gasteiger partial charge in [0.1, 0.15) is 12.2 Å². The van der Waals surface area contributed by atoms with E-state index in [4.69, 9.17) is 11.6 Å². The van der Waals surface area contributed by atoms with Gasteiger partial charge in [0.2, 0.25) is 0 Å². The Morgan fingerprint density at radius 3 is 2.20 bits per heavy atom. The van der Waals surface area contributed by atoms with Crippen LogP contribution in [0.5, 0.6) is 0 Å². The number of aryl methyl sites for hydroxylation is 1. The standard InChI is InChI=1S/C32H31ClN6O4S/c1-22-18-25(23(2)38(22)28-15-11-12-26(33)19-28)20-34-35-30(40)21-37(44(42,43)29-16-9-6-10-17-29)31-24(3)36(4)39(32(31)41)27-13-7-5-8-14-27/h5-20H,21H2,1-4H3,(H,35,40)/b34-20-. The predicted octanol–water partition coefficient (Wildman–Crippen LogP) is 4.89. The number of nitrogens with one attached hydrogen (secondary N) is 1. The van der Waals surface area contributed by atoms with Gasteiger partial charge in [0.15, 0.2) is 0 Å². The number of carbonyl (C=O) groups excluding carboxylic acids is 1. The largest absolute Gasteiger partial charge is 0.318 e. The fourth-order valence-corrected chi connectivity index (χ4v) is 6.79. The van der Waals surface area contributed by atoms with Crippen molar-refractivity contribution in [1.29, 1.82) is 0 Å². The fraction of sp³-hybridized carbons (Fsp3) is 0.156. The maximum atomic E-state index is 13.9. The lowest BCUT2D eigenvalue weighted by Crippen LogP contribution is -2.42. The first kappa shape index (κ1) is 30.6. The van der Waals surface area contributed by atoms with Crippen LogP contribution in [0.3, 0.4) is 0 Å². The molecule has 1 amide bonds. The molecule has 1 N–H and O–H groups in total. The monoisotopic (exact) mass is 630 g/mol. The molecule has 3 aromatic carbocycles. The summed E-state index contributed by atoms with van der Waals surface area (Å²) in [5.74, 6) is -0.724. The summed E-state index contributed by atoms with van der Waals surface area (Å²) < 4.78 is 33.6. The second kappa shape index (κ2) is 12.4. The quantitative estimate of drug-likeness (QED) is 0.185. The van der Waals surface area contributed by atoms with E-state index >= 15 is 0 Å². The van der Waals surface area contributed by atoms with E-state index in [1.54, 1.807) is 67.2 Å². The molecule has 2 heterocycles. The molecule has 0 aliphatic carbocycles. The highest BCUT2D eigenvalue weighted by Gasteiger charge is 2.33. The summed E-state index contributed by atoms with van der Waals surface area (Å²) in [6.07, 6.45) is 1.49. The normalized spacial score (nSPS) is 11.7. The van der Waals surface area contributed by atoms with Gasteiger partial charge in [-0.15, -0.1) is 0 Å². The average molecular weight is 631 g/mol. The van der Waals surface area contributed by atoms with Crippen LogP contribution in [-0.2, 0) is 21.9 Å². The maximum absolute atomic E-state index is 13.9. The first-order chi connectivity index (χ1) is 21.0. The van der Waals surface area contributed by atoms with E-state index in [9.17, 15) is 18.0 Å². The summed E-state index contributed by atoms with van der Waals surface area (Å²) in [6.45, 7) is 4.82. The average Bonchev–Trinajstić information content (AvgIpc) is 3.41. The first-order valence-electron chi connectivity index (χ1n) is 13.7. The lowest BCUT2D eigenvalue weighted by atomic mass is 10.2. The minimum atomic E-state index is -4.32. The third kappa shape index (κ3) is 5.84. The Bertz CT molecular complexity index is 2030. The maximum Gasteiger partial charge on any atom is 0.296 e. The number of carbonyl (C=O) groups is 1. The molecule has 0 aliphatic heterocycles. The number of rotatable bonds is 9. The summed E-state index contributed by atoms with van der Waals surface area (Å²) in [5, 5.41) is 4.72. The molecule has 0 bridgehead atoms. The van der Waals surface area contributed by atoms with Crippen molar-refractivity contribution in [3.05, 3.63) is 129 Å². The summed E-state index contributed by atoms with van der Waals surface area (Å²) in [6, 6.07) is 25.9. The zero-order valence-electron chi connectivity index (χ0n) is 24.6. The number of anilines is 1. The lowest BCUT2D eigenvalue weighted by Gasteiger charge is -2.22. The third-order valence-electron chi connectivity index (χ3n) is 7.32. The zero-order chi connectivity index (χ0) is 31.6. The molecule has 5 rings (SSSR count). The second-order valence-electron chi connectivity index (χ2n) is 10.2. The van der Waals surface area contributed by atoms with Crippen LogP contribution in [-0.4, -0.2) is 41.0 Å². The second-order valence-corrected chi connectivity index (χ2v) is 12.5. The molecule has 5 aromatic rings. The molecule has 2 aromatic heterocycles. The van der Waals surface area contributed by atoms with E-state index in [-0.39, 0.29) is 10.6 Å². The Morgan fingerprint density at radius 2 is 1.55 bits per heavy atom. The highest BCUT2D eigenvalue weighted by atomic mass is 35.5. The zero-order valence-corrected chi connectivity index (χ0v) is 26.2.